The van der Waals surface area contributed by atoms with Crippen LogP contribution < -0.4 is 0 Å². The molecule has 0 bridgehead atoms. The van der Waals surface area contributed by atoms with Crippen molar-refractivity contribution in [1.82, 2.24) is 0 Å². The summed E-state index contributed by atoms with van der Waals surface area (Å²) in [6.07, 6.45) is -11.0. The second-order valence-corrected chi connectivity index (χ2v) is 12.9. The van der Waals surface area contributed by atoms with Gasteiger partial charge in [0.25, 0.3) is 0 Å². The maximum absolute atomic E-state index is 13.4. The van der Waals surface area contributed by atoms with Crippen molar-refractivity contribution in [3.63, 3.8) is 0 Å². The molecule has 180 valence electrons. The average molecular weight is 707 g/mol. The van der Waals surface area contributed by atoms with Crippen molar-refractivity contribution in [1.29, 1.82) is 0 Å². The third-order valence-corrected chi connectivity index (χ3v) is 8.72. The van der Waals surface area contributed by atoms with E-state index in [2.05, 4.69) is 0 Å². The molecule has 19 heteroatoms. The van der Waals surface area contributed by atoms with Crippen LogP contribution in [0.1, 0.15) is 12.8 Å². The zero-order chi connectivity index (χ0) is 24.8. The molecule has 0 nitrogen and oxygen atoms in total. The molecule has 0 fully saturated rings. The van der Waals surface area contributed by atoms with Crippen LogP contribution in [-0.2, 0) is 0 Å². The molecule has 0 atom stereocenters. The Kier molecular flexibility index (Phi) is 8.70. The summed E-state index contributed by atoms with van der Waals surface area (Å²) in [5.41, 5.74) is 0. The Morgan fingerprint density at radius 1 is 0.467 bits per heavy atom. The molecular weight excluding hydrogens is 701 g/mol. The Labute approximate surface area is 175 Å². The second kappa shape index (κ2) is 8.60. The van der Waals surface area contributed by atoms with Gasteiger partial charge in [0.1, 0.15) is 0 Å². The monoisotopic (exact) mass is 708 g/mol. The Balaban J connectivity index is 6.48. The second-order valence-electron chi connectivity index (χ2n) is 5.64. The van der Waals surface area contributed by atoms with Crippen LogP contribution in [0.4, 0.5) is 74.6 Å². The van der Waals surface area contributed by atoms with Crippen LogP contribution in [0.5, 0.6) is 0 Å². The van der Waals surface area contributed by atoms with Gasteiger partial charge >= 0.3 is 175 Å². The van der Waals surface area contributed by atoms with Gasteiger partial charge in [-0.25, -0.2) is 0 Å². The molecule has 0 aromatic carbocycles. The van der Waals surface area contributed by atoms with E-state index in [1.165, 1.54) is 0 Å². The molecule has 0 aromatic rings. The fraction of sp³-hybridized carbons (Fsp3) is 1.00. The molecular formula is C11H6F17ISn. The third-order valence-electron chi connectivity index (χ3n) is 3.55. The van der Waals surface area contributed by atoms with E-state index in [1.807, 2.05) is 0 Å². The molecule has 0 aliphatic rings. The van der Waals surface area contributed by atoms with Gasteiger partial charge in [-0.05, 0) is 0 Å². The molecule has 0 spiro atoms. The fourth-order valence-electron chi connectivity index (χ4n) is 1.73. The van der Waals surface area contributed by atoms with Gasteiger partial charge in [0.2, 0.25) is 0 Å². The van der Waals surface area contributed by atoms with Crippen molar-refractivity contribution in [2.75, 3.05) is 0 Å². The summed E-state index contributed by atoms with van der Waals surface area (Å²) in [5, 5.41) is 0. The Hall–Kier alpha value is 0.339. The van der Waals surface area contributed by atoms with E-state index in [9.17, 15) is 74.6 Å². The SMILES string of the molecule is FC(F)(F)C(F)(F)C(F)(F)C(F)(F)C(F)(F)C(F)(F)C(F)(F)C(F)(F)CC[CH2][Sn][I]. The van der Waals surface area contributed by atoms with E-state index in [0.29, 0.717) is 0 Å². The van der Waals surface area contributed by atoms with Crippen molar-refractivity contribution in [3.8, 4) is 0 Å². The molecule has 0 aromatic heterocycles. The van der Waals surface area contributed by atoms with E-state index in [0.717, 1.165) is 0 Å². The Morgan fingerprint density at radius 2 is 0.767 bits per heavy atom. The minimum absolute atomic E-state index is 0.233. The zero-order valence-electron chi connectivity index (χ0n) is 13.4. The van der Waals surface area contributed by atoms with Gasteiger partial charge in [0, 0.05) is 0 Å². The Morgan fingerprint density at radius 3 is 1.07 bits per heavy atom. The molecule has 0 amide bonds. The first-order valence-electron chi connectivity index (χ1n) is 6.86. The van der Waals surface area contributed by atoms with E-state index < -0.39 is 77.6 Å². The van der Waals surface area contributed by atoms with Gasteiger partial charge in [0.05, 0.1) is 0 Å². The third kappa shape index (κ3) is 4.41. The van der Waals surface area contributed by atoms with E-state index >= 15 is 0 Å². The van der Waals surface area contributed by atoms with Crippen LogP contribution in [-0.4, -0.2) is 64.8 Å². The van der Waals surface area contributed by atoms with Crippen LogP contribution >= 0.6 is 18.6 Å². The van der Waals surface area contributed by atoms with Crippen molar-refractivity contribution in [2.45, 2.75) is 64.9 Å². The first-order valence-corrected chi connectivity index (χ1v) is 17.2. The maximum atomic E-state index is 13.4. The van der Waals surface area contributed by atoms with Crippen LogP contribution in [0.3, 0.4) is 0 Å². The molecule has 0 rings (SSSR count). The predicted molar refractivity (Wildman–Crippen MR) is 74.5 cm³/mol. The molecule has 30 heavy (non-hydrogen) atoms. The molecule has 2 radical (unpaired) electrons. The minimum atomic E-state index is -8.56. The van der Waals surface area contributed by atoms with E-state index in [1.54, 1.807) is 18.6 Å². The number of rotatable bonds is 10. The number of hydrogen-bond acceptors (Lipinski definition) is 0. The number of halogens is 18. The van der Waals surface area contributed by atoms with E-state index in [-0.39, 0.29) is 4.44 Å². The van der Waals surface area contributed by atoms with Gasteiger partial charge in [0.15, 0.2) is 0 Å². The van der Waals surface area contributed by atoms with Gasteiger partial charge in [-0.3, -0.25) is 0 Å². The van der Waals surface area contributed by atoms with Crippen molar-refractivity contribution < 1.29 is 74.6 Å². The fourth-order valence-corrected chi connectivity index (χ4v) is 5.17. The summed E-state index contributed by atoms with van der Waals surface area (Å²) < 4.78 is 220. The molecule has 0 aliphatic carbocycles. The standard InChI is InChI=1S/C11H6F17.HI.Sn/c1-2-3-4(12,13)5(14,15)6(16,17)7(18,19)8(20,21)9(22,23)10(24,25)11(26,27)28;;/h1-3H2;1H;/q;;+1/p-1. The van der Waals surface area contributed by atoms with Gasteiger partial charge < -0.3 is 0 Å². The predicted octanol–water partition coefficient (Wildman–Crippen LogP) is 7.25. The number of alkyl halides is 17. The number of hydrogen-bond donors (Lipinski definition) is 0. The van der Waals surface area contributed by atoms with Crippen molar-refractivity contribution in [3.05, 3.63) is 0 Å². The normalized spacial score (nSPS) is 16.2. The summed E-state index contributed by atoms with van der Waals surface area (Å²) in [7, 11) is 0. The quantitative estimate of drug-likeness (QED) is 0.0973. The molecule has 0 saturated carbocycles. The average Bonchev–Trinajstić information content (AvgIpc) is 2.52. The van der Waals surface area contributed by atoms with Crippen LogP contribution in [0.15, 0.2) is 0 Å². The molecule has 0 N–H and O–H groups in total. The first-order chi connectivity index (χ1) is 12.8. The van der Waals surface area contributed by atoms with Crippen molar-refractivity contribution >= 4 is 35.8 Å². The molecule has 0 aliphatic heterocycles. The first kappa shape index (κ1) is 30.3. The molecule has 0 saturated heterocycles. The van der Waals surface area contributed by atoms with Crippen LogP contribution in [0.25, 0.3) is 0 Å². The summed E-state index contributed by atoms with van der Waals surface area (Å²) in [5.74, 6) is -55.6. The molecule has 0 unspecified atom stereocenters. The zero-order valence-corrected chi connectivity index (χ0v) is 18.4. The van der Waals surface area contributed by atoms with Crippen LogP contribution in [0.2, 0.25) is 4.44 Å². The van der Waals surface area contributed by atoms with E-state index in [4.69, 9.17) is 0 Å². The summed E-state index contributed by atoms with van der Waals surface area (Å²) in [4.78, 5) is 0. The molecule has 0 heterocycles. The van der Waals surface area contributed by atoms with Gasteiger partial charge in [-0.15, -0.1) is 0 Å². The van der Waals surface area contributed by atoms with Gasteiger partial charge in [-0.1, -0.05) is 0 Å². The van der Waals surface area contributed by atoms with Crippen LogP contribution in [0, 0.1) is 0 Å². The Bertz CT molecular complexity index is 595. The van der Waals surface area contributed by atoms with Gasteiger partial charge in [-0.2, -0.15) is 0 Å². The summed E-state index contributed by atoms with van der Waals surface area (Å²) in [6.45, 7) is 0. The summed E-state index contributed by atoms with van der Waals surface area (Å²) >= 11 is 0.209. The topological polar surface area (TPSA) is 0 Å². The van der Waals surface area contributed by atoms with Crippen molar-refractivity contribution in [2.24, 2.45) is 0 Å². The summed E-state index contributed by atoms with van der Waals surface area (Å²) in [6, 6.07) is 0.